The summed E-state index contributed by atoms with van der Waals surface area (Å²) in [7, 11) is 1.66. The topological polar surface area (TPSA) is 72.6 Å². The molecule has 21 heavy (non-hydrogen) atoms. The maximum atomic E-state index is 5.66. The molecule has 6 nitrogen and oxygen atoms in total. The van der Waals surface area contributed by atoms with Gasteiger partial charge in [-0.2, -0.15) is 0 Å². The van der Waals surface area contributed by atoms with Gasteiger partial charge in [0, 0.05) is 31.3 Å². The van der Waals surface area contributed by atoms with Crippen molar-refractivity contribution in [3.63, 3.8) is 0 Å². The molecule has 3 N–H and O–H groups in total. The zero-order valence-electron chi connectivity index (χ0n) is 12.1. The molecule has 1 aromatic carbocycles. The Morgan fingerprint density at radius 3 is 2.86 bits per heavy atom. The van der Waals surface area contributed by atoms with Crippen LogP contribution in [0.25, 0.3) is 10.9 Å². The van der Waals surface area contributed by atoms with Crippen LogP contribution in [-0.4, -0.2) is 38.4 Å². The maximum Gasteiger partial charge on any atom is 0.0885 e. The van der Waals surface area contributed by atoms with Crippen LogP contribution in [-0.2, 0) is 16.1 Å². The predicted molar refractivity (Wildman–Crippen MR) is 83.3 cm³/mol. The summed E-state index contributed by atoms with van der Waals surface area (Å²) in [6, 6.07) is 8.17. The van der Waals surface area contributed by atoms with Gasteiger partial charge in [0.1, 0.15) is 0 Å². The van der Waals surface area contributed by atoms with E-state index in [4.69, 9.17) is 15.3 Å². The standard InChI is InChI=1S/C15H20N4O2/c1-20-10-11-8-15(18-16)13-9-12(2-3-14(13)17-11)19-4-6-21-7-5-19/h2-3,8-9H,4-7,10,16H2,1H3,(H,17,18). The monoisotopic (exact) mass is 288 g/mol. The number of rotatable bonds is 4. The van der Waals surface area contributed by atoms with Gasteiger partial charge >= 0.3 is 0 Å². The van der Waals surface area contributed by atoms with Gasteiger partial charge in [-0.1, -0.05) is 0 Å². The van der Waals surface area contributed by atoms with Crippen molar-refractivity contribution in [1.29, 1.82) is 0 Å². The molecule has 2 heterocycles. The fraction of sp³-hybridized carbons (Fsp3) is 0.400. The Hall–Kier alpha value is -1.89. The van der Waals surface area contributed by atoms with Crippen molar-refractivity contribution < 1.29 is 9.47 Å². The van der Waals surface area contributed by atoms with Gasteiger partial charge in [0.05, 0.1) is 36.7 Å². The van der Waals surface area contributed by atoms with E-state index in [0.717, 1.165) is 48.6 Å². The van der Waals surface area contributed by atoms with Crippen molar-refractivity contribution in [1.82, 2.24) is 4.98 Å². The Kier molecular flexibility index (Phi) is 4.19. The molecule has 6 heteroatoms. The van der Waals surface area contributed by atoms with Gasteiger partial charge in [-0.25, -0.2) is 0 Å². The van der Waals surface area contributed by atoms with Crippen LogP contribution < -0.4 is 16.2 Å². The molecule has 1 fully saturated rings. The summed E-state index contributed by atoms with van der Waals surface area (Å²) in [5.41, 5.74) is 6.56. The van der Waals surface area contributed by atoms with Crippen LogP contribution in [0.2, 0.25) is 0 Å². The van der Waals surface area contributed by atoms with E-state index in [1.165, 1.54) is 5.69 Å². The van der Waals surface area contributed by atoms with Crippen LogP contribution in [0, 0.1) is 0 Å². The van der Waals surface area contributed by atoms with Gasteiger partial charge in [0.2, 0.25) is 0 Å². The number of aromatic nitrogens is 1. The molecule has 0 saturated carbocycles. The van der Waals surface area contributed by atoms with Crippen LogP contribution in [0.3, 0.4) is 0 Å². The highest BCUT2D eigenvalue weighted by Gasteiger charge is 2.13. The van der Waals surface area contributed by atoms with Crippen LogP contribution in [0.15, 0.2) is 24.3 Å². The van der Waals surface area contributed by atoms with E-state index in [2.05, 4.69) is 27.4 Å². The molecule has 1 saturated heterocycles. The normalized spacial score (nSPS) is 15.4. The summed E-state index contributed by atoms with van der Waals surface area (Å²) in [4.78, 5) is 6.91. The number of nitrogens with zero attached hydrogens (tertiary/aromatic N) is 2. The molecule has 1 aliphatic rings. The lowest BCUT2D eigenvalue weighted by molar-refractivity contribution is 0.122. The molecule has 2 aromatic rings. The van der Waals surface area contributed by atoms with E-state index in [0.29, 0.717) is 6.61 Å². The number of benzene rings is 1. The predicted octanol–water partition coefficient (Wildman–Crippen LogP) is 1.50. The third kappa shape index (κ3) is 2.92. The number of hydrogen-bond acceptors (Lipinski definition) is 6. The lowest BCUT2D eigenvalue weighted by Crippen LogP contribution is -2.36. The molecular formula is C15H20N4O2. The Bertz CT molecular complexity index is 626. The number of methoxy groups -OCH3 is 1. The lowest BCUT2D eigenvalue weighted by atomic mass is 10.1. The molecule has 0 amide bonds. The minimum Gasteiger partial charge on any atom is -0.378 e. The fourth-order valence-electron chi connectivity index (χ4n) is 2.63. The summed E-state index contributed by atoms with van der Waals surface area (Å²) >= 11 is 0. The van der Waals surface area contributed by atoms with Crippen LogP contribution in [0.1, 0.15) is 5.69 Å². The average Bonchev–Trinajstić information content (AvgIpc) is 2.55. The molecule has 0 radical (unpaired) electrons. The first-order chi connectivity index (χ1) is 10.3. The van der Waals surface area contributed by atoms with Gasteiger partial charge in [-0.05, 0) is 24.3 Å². The number of nitrogen functional groups attached to an aromatic ring is 1. The first kappa shape index (κ1) is 14.1. The third-order valence-electron chi connectivity index (χ3n) is 3.67. The van der Waals surface area contributed by atoms with Crippen LogP contribution in [0.5, 0.6) is 0 Å². The van der Waals surface area contributed by atoms with Gasteiger partial charge < -0.3 is 19.8 Å². The number of fused-ring (bicyclic) bond motifs is 1. The zero-order valence-corrected chi connectivity index (χ0v) is 12.1. The van der Waals surface area contributed by atoms with Crippen LogP contribution >= 0.6 is 0 Å². The molecule has 0 atom stereocenters. The van der Waals surface area contributed by atoms with E-state index in [-0.39, 0.29) is 0 Å². The Morgan fingerprint density at radius 2 is 2.14 bits per heavy atom. The van der Waals surface area contributed by atoms with Crippen molar-refractivity contribution >= 4 is 22.3 Å². The van der Waals surface area contributed by atoms with E-state index >= 15 is 0 Å². The largest absolute Gasteiger partial charge is 0.378 e. The molecule has 1 aromatic heterocycles. The van der Waals surface area contributed by atoms with Crippen LogP contribution in [0.4, 0.5) is 11.4 Å². The summed E-state index contributed by atoms with van der Waals surface area (Å²) in [6.45, 7) is 3.82. The molecule has 3 rings (SSSR count). The van der Waals surface area contributed by atoms with Crippen molar-refractivity contribution in [2.24, 2.45) is 5.84 Å². The Balaban J connectivity index is 2.01. The quantitative estimate of drug-likeness (QED) is 0.656. The number of hydrogen-bond donors (Lipinski definition) is 2. The van der Waals surface area contributed by atoms with E-state index in [1.54, 1.807) is 7.11 Å². The van der Waals surface area contributed by atoms with Gasteiger partial charge in [0.25, 0.3) is 0 Å². The van der Waals surface area contributed by atoms with Crippen molar-refractivity contribution in [3.05, 3.63) is 30.0 Å². The highest BCUT2D eigenvalue weighted by Crippen LogP contribution is 2.28. The average molecular weight is 288 g/mol. The maximum absolute atomic E-state index is 5.66. The first-order valence-corrected chi connectivity index (χ1v) is 7.04. The fourth-order valence-corrected chi connectivity index (χ4v) is 2.63. The highest BCUT2D eigenvalue weighted by atomic mass is 16.5. The van der Waals surface area contributed by atoms with Gasteiger partial charge in [-0.15, -0.1) is 0 Å². The minimum absolute atomic E-state index is 0.468. The smallest absolute Gasteiger partial charge is 0.0885 e. The summed E-state index contributed by atoms with van der Waals surface area (Å²) in [5, 5.41) is 1.02. The number of ether oxygens (including phenoxy) is 2. The molecule has 112 valence electrons. The number of nitrogens with one attached hydrogen (secondary N) is 1. The van der Waals surface area contributed by atoms with E-state index in [1.807, 2.05) is 12.1 Å². The number of anilines is 2. The minimum atomic E-state index is 0.468. The van der Waals surface area contributed by atoms with Gasteiger partial charge in [0.15, 0.2) is 0 Å². The molecule has 0 aliphatic carbocycles. The molecule has 0 spiro atoms. The number of morpholine rings is 1. The first-order valence-electron chi connectivity index (χ1n) is 7.04. The zero-order chi connectivity index (χ0) is 14.7. The van der Waals surface area contributed by atoms with Crippen molar-refractivity contribution in [3.8, 4) is 0 Å². The number of pyridine rings is 1. The third-order valence-corrected chi connectivity index (χ3v) is 3.67. The molecule has 0 unspecified atom stereocenters. The lowest BCUT2D eigenvalue weighted by Gasteiger charge is -2.29. The summed E-state index contributed by atoms with van der Waals surface area (Å²) in [6.07, 6.45) is 0. The second kappa shape index (κ2) is 6.26. The van der Waals surface area contributed by atoms with Crippen molar-refractivity contribution in [2.45, 2.75) is 6.61 Å². The molecule has 0 bridgehead atoms. The molecule has 1 aliphatic heterocycles. The highest BCUT2D eigenvalue weighted by molar-refractivity contribution is 5.93. The SMILES string of the molecule is COCc1cc(NN)c2cc(N3CCOCC3)ccc2n1. The van der Waals surface area contributed by atoms with Gasteiger partial charge in [-0.3, -0.25) is 10.8 Å². The second-order valence-corrected chi connectivity index (χ2v) is 5.04. The second-order valence-electron chi connectivity index (χ2n) is 5.04. The van der Waals surface area contributed by atoms with E-state index in [9.17, 15) is 0 Å². The Morgan fingerprint density at radius 1 is 1.33 bits per heavy atom. The number of nitrogens with two attached hydrogens (primary N) is 1. The molecular weight excluding hydrogens is 268 g/mol. The summed E-state index contributed by atoms with van der Waals surface area (Å²) < 4.78 is 10.5. The van der Waals surface area contributed by atoms with Crippen molar-refractivity contribution in [2.75, 3.05) is 43.7 Å². The van der Waals surface area contributed by atoms with E-state index < -0.39 is 0 Å². The Labute approximate surface area is 123 Å². The summed E-state index contributed by atoms with van der Waals surface area (Å²) in [5.74, 6) is 5.66. The number of hydrazine groups is 1.